The zero-order valence-corrected chi connectivity index (χ0v) is 24.5. The number of aliphatic hydroxyl groups excluding tert-OH is 1. The summed E-state index contributed by atoms with van der Waals surface area (Å²) in [5.41, 5.74) is -0.926. The van der Waals surface area contributed by atoms with E-state index in [0.717, 1.165) is 5.69 Å². The van der Waals surface area contributed by atoms with Gasteiger partial charge in [0.1, 0.15) is 11.6 Å². The van der Waals surface area contributed by atoms with E-state index in [9.17, 15) is 19.5 Å². The van der Waals surface area contributed by atoms with Gasteiger partial charge < -0.3 is 24.5 Å². The average Bonchev–Trinajstić information content (AvgIpc) is 3.28. The van der Waals surface area contributed by atoms with E-state index in [4.69, 9.17) is 16.3 Å². The Morgan fingerprint density at radius 2 is 1.50 bits per heavy atom. The molecule has 2 fully saturated rings. The summed E-state index contributed by atoms with van der Waals surface area (Å²) in [5.74, 6) is -2.34. The first-order valence-electron chi connectivity index (χ1n) is 14.8. The minimum atomic E-state index is -1.31. The highest BCUT2D eigenvalue weighted by atomic mass is 35.5. The predicted molar refractivity (Wildman–Crippen MR) is 161 cm³/mol. The van der Waals surface area contributed by atoms with E-state index in [1.165, 1.54) is 0 Å². The molecule has 2 aromatic rings. The number of unbranched alkanes of at least 4 members (excludes halogenated alkanes) is 2. The summed E-state index contributed by atoms with van der Waals surface area (Å²) in [7, 11) is 0. The van der Waals surface area contributed by atoms with Crippen molar-refractivity contribution in [3.8, 4) is 0 Å². The third-order valence-corrected chi connectivity index (χ3v) is 9.45. The molecule has 0 aliphatic carbocycles. The number of carbonyl (C=O) groups excluding carboxylic acids is 3. The van der Waals surface area contributed by atoms with Crippen LogP contribution in [0.4, 0.5) is 11.4 Å². The summed E-state index contributed by atoms with van der Waals surface area (Å²) in [6.07, 6.45) is 10.1. The SMILES string of the molecule is CC[C@]12C=CCN(c3ccccc3)C(=O)[C@H]1[C@H]1C(=O)N(CCCCCO)C3C(=O)N(c4ccc(Cl)cc4)CC=C[C@@]31O2. The number of carbonyl (C=O) groups is 3. The number of hydrogen-bond acceptors (Lipinski definition) is 5. The Bertz CT molecular complexity index is 1410. The number of hydrogen-bond donors (Lipinski definition) is 1. The van der Waals surface area contributed by atoms with Crippen LogP contribution in [0.5, 0.6) is 0 Å². The first-order valence-corrected chi connectivity index (χ1v) is 15.1. The highest BCUT2D eigenvalue weighted by Crippen LogP contribution is 2.58. The molecule has 1 unspecified atom stereocenters. The van der Waals surface area contributed by atoms with Gasteiger partial charge in [0.05, 0.1) is 17.4 Å². The van der Waals surface area contributed by atoms with E-state index in [2.05, 4.69) is 0 Å². The van der Waals surface area contributed by atoms with E-state index >= 15 is 0 Å². The molecule has 0 aromatic heterocycles. The van der Waals surface area contributed by atoms with Gasteiger partial charge in [0.15, 0.2) is 0 Å². The van der Waals surface area contributed by atoms with E-state index in [1.807, 2.05) is 61.6 Å². The lowest BCUT2D eigenvalue weighted by atomic mass is 9.73. The maximum Gasteiger partial charge on any atom is 0.253 e. The molecule has 1 N–H and O–H groups in total. The summed E-state index contributed by atoms with van der Waals surface area (Å²) in [5, 5.41) is 9.88. The summed E-state index contributed by atoms with van der Waals surface area (Å²) in [6, 6.07) is 15.6. The molecule has 2 aromatic carbocycles. The zero-order chi connectivity index (χ0) is 29.5. The first kappa shape index (κ1) is 28.6. The van der Waals surface area contributed by atoms with Gasteiger partial charge in [0.2, 0.25) is 11.8 Å². The van der Waals surface area contributed by atoms with E-state index in [0.29, 0.717) is 56.0 Å². The van der Waals surface area contributed by atoms with Gasteiger partial charge in [0.25, 0.3) is 5.91 Å². The number of likely N-dealkylation sites (tertiary alicyclic amines) is 1. The average molecular weight is 590 g/mol. The van der Waals surface area contributed by atoms with Crippen LogP contribution in [0.1, 0.15) is 32.6 Å². The van der Waals surface area contributed by atoms with Crippen LogP contribution in [-0.2, 0) is 19.1 Å². The summed E-state index contributed by atoms with van der Waals surface area (Å²) in [4.78, 5) is 48.6. The van der Waals surface area contributed by atoms with E-state index in [1.54, 1.807) is 39.0 Å². The highest BCUT2D eigenvalue weighted by molar-refractivity contribution is 6.30. The molecule has 8 nitrogen and oxygen atoms in total. The molecule has 2 saturated heterocycles. The Kier molecular flexibility index (Phi) is 7.72. The lowest BCUT2D eigenvalue weighted by Crippen LogP contribution is -2.56. The van der Waals surface area contributed by atoms with Gasteiger partial charge in [-0.2, -0.15) is 0 Å². The van der Waals surface area contributed by atoms with Crippen molar-refractivity contribution in [2.45, 2.75) is 49.9 Å². The van der Waals surface area contributed by atoms with E-state index < -0.39 is 29.1 Å². The molecular formula is C33H36ClN3O5. The Labute approximate surface area is 251 Å². The number of ether oxygens (including phenoxy) is 1. The van der Waals surface area contributed by atoms with Crippen LogP contribution in [0.3, 0.4) is 0 Å². The predicted octanol–water partition coefficient (Wildman–Crippen LogP) is 4.37. The molecule has 0 bridgehead atoms. The molecule has 4 aliphatic rings. The number of benzene rings is 2. The van der Waals surface area contributed by atoms with Crippen LogP contribution in [0, 0.1) is 11.8 Å². The zero-order valence-electron chi connectivity index (χ0n) is 23.7. The quantitative estimate of drug-likeness (QED) is 0.365. The van der Waals surface area contributed by atoms with Gasteiger partial charge in [-0.1, -0.05) is 61.0 Å². The third kappa shape index (κ3) is 4.48. The van der Waals surface area contributed by atoms with Crippen LogP contribution in [-0.4, -0.2) is 71.2 Å². The molecule has 6 rings (SSSR count). The van der Waals surface area contributed by atoms with Crippen molar-refractivity contribution in [2.75, 3.05) is 36.0 Å². The number of halogens is 1. The molecule has 4 aliphatic heterocycles. The Balaban J connectivity index is 1.46. The normalized spacial score (nSPS) is 30.3. The van der Waals surface area contributed by atoms with Crippen LogP contribution >= 0.6 is 11.6 Å². The standard InChI is InChI=1S/C33H36ClN3O5/c1-2-32-17-9-20-35(24-11-5-3-6-12-24)29(39)26(32)27-30(40)37(19-7-4-8-22-38)28-31(41)36(21-10-18-33(27,28)42-32)25-15-13-23(34)14-16-25/h3,5-6,9-18,26-28,38H,2,4,7-8,19-22H2,1H3/t26-,27+,28?,32+,33+/m1/s1. The molecule has 0 saturated carbocycles. The fourth-order valence-corrected chi connectivity index (χ4v) is 7.39. The van der Waals surface area contributed by atoms with Crippen LogP contribution < -0.4 is 9.80 Å². The van der Waals surface area contributed by atoms with Crippen molar-refractivity contribution < 1.29 is 24.2 Å². The topological polar surface area (TPSA) is 90.4 Å². The summed E-state index contributed by atoms with van der Waals surface area (Å²) >= 11 is 6.14. The molecule has 42 heavy (non-hydrogen) atoms. The van der Waals surface area contributed by atoms with Gasteiger partial charge in [0, 0.05) is 42.6 Å². The van der Waals surface area contributed by atoms with Crippen molar-refractivity contribution in [3.05, 3.63) is 83.9 Å². The molecule has 4 heterocycles. The van der Waals surface area contributed by atoms with Gasteiger partial charge >= 0.3 is 0 Å². The minimum Gasteiger partial charge on any atom is -0.396 e. The van der Waals surface area contributed by atoms with Crippen LogP contribution in [0.15, 0.2) is 78.9 Å². The summed E-state index contributed by atoms with van der Waals surface area (Å²) < 4.78 is 7.04. The Morgan fingerprint density at radius 1 is 0.833 bits per heavy atom. The fourth-order valence-electron chi connectivity index (χ4n) is 7.26. The monoisotopic (exact) mass is 589 g/mol. The second-order valence-corrected chi connectivity index (χ2v) is 11.9. The van der Waals surface area contributed by atoms with Crippen molar-refractivity contribution in [2.24, 2.45) is 11.8 Å². The van der Waals surface area contributed by atoms with Gasteiger partial charge in [-0.3, -0.25) is 14.4 Å². The van der Waals surface area contributed by atoms with Crippen molar-refractivity contribution in [1.82, 2.24) is 4.90 Å². The molecule has 0 radical (unpaired) electrons. The molecule has 5 atom stereocenters. The van der Waals surface area contributed by atoms with Crippen LogP contribution in [0.2, 0.25) is 5.02 Å². The van der Waals surface area contributed by atoms with E-state index in [-0.39, 0.29) is 24.3 Å². The van der Waals surface area contributed by atoms with Crippen molar-refractivity contribution in [3.63, 3.8) is 0 Å². The number of nitrogens with zero attached hydrogens (tertiary/aromatic N) is 3. The lowest BCUT2D eigenvalue weighted by molar-refractivity contribution is -0.145. The minimum absolute atomic E-state index is 0.0658. The Morgan fingerprint density at radius 3 is 2.19 bits per heavy atom. The first-order chi connectivity index (χ1) is 20.4. The van der Waals surface area contributed by atoms with Crippen LogP contribution in [0.25, 0.3) is 0 Å². The second kappa shape index (κ2) is 11.3. The van der Waals surface area contributed by atoms with Gasteiger partial charge in [-0.25, -0.2) is 0 Å². The smallest absolute Gasteiger partial charge is 0.253 e. The molecule has 220 valence electrons. The van der Waals surface area contributed by atoms with Gasteiger partial charge in [-0.15, -0.1) is 0 Å². The summed E-state index contributed by atoms with van der Waals surface area (Å²) in [6.45, 7) is 3.03. The highest BCUT2D eigenvalue weighted by Gasteiger charge is 2.75. The molecule has 1 spiro atoms. The number of fused-ring (bicyclic) bond motifs is 2. The molecular weight excluding hydrogens is 554 g/mol. The molecule has 9 heteroatoms. The number of aliphatic hydroxyl groups is 1. The number of anilines is 2. The van der Waals surface area contributed by atoms with Crippen molar-refractivity contribution in [1.29, 1.82) is 0 Å². The second-order valence-electron chi connectivity index (χ2n) is 11.5. The van der Waals surface area contributed by atoms with Crippen molar-refractivity contribution >= 4 is 40.7 Å². The Hall–Kier alpha value is -3.46. The fraction of sp³-hybridized carbons (Fsp3) is 0.424. The number of rotatable bonds is 8. The van der Waals surface area contributed by atoms with Gasteiger partial charge in [-0.05, 0) is 62.1 Å². The number of para-hydroxylation sites is 1. The maximum atomic E-state index is 14.6. The largest absolute Gasteiger partial charge is 0.396 e. The molecule has 3 amide bonds. The lowest BCUT2D eigenvalue weighted by Gasteiger charge is -2.38. The number of amides is 3. The maximum absolute atomic E-state index is 14.6. The third-order valence-electron chi connectivity index (χ3n) is 9.20.